The summed E-state index contributed by atoms with van der Waals surface area (Å²) < 4.78 is 5.69. The van der Waals surface area contributed by atoms with Gasteiger partial charge in [0.25, 0.3) is 0 Å². The van der Waals surface area contributed by atoms with Crippen molar-refractivity contribution in [2.45, 2.75) is 19.4 Å². The van der Waals surface area contributed by atoms with Crippen LogP contribution in [-0.2, 0) is 11.3 Å². The van der Waals surface area contributed by atoms with Crippen LogP contribution in [0.3, 0.4) is 0 Å². The molecule has 0 saturated carbocycles. The molecule has 3 aromatic carbocycles. The normalized spacial score (nSPS) is 15.1. The first-order valence-electron chi connectivity index (χ1n) is 11.9. The highest BCUT2D eigenvalue weighted by Gasteiger charge is 2.29. The van der Waals surface area contributed by atoms with Crippen molar-refractivity contribution in [3.63, 3.8) is 0 Å². The van der Waals surface area contributed by atoms with Gasteiger partial charge in [-0.15, -0.1) is 0 Å². The van der Waals surface area contributed by atoms with E-state index in [4.69, 9.17) is 10.3 Å². The predicted molar refractivity (Wildman–Crippen MR) is 137 cm³/mol. The maximum Gasteiger partial charge on any atom is 0.411 e. The second-order valence-corrected chi connectivity index (χ2v) is 8.95. The van der Waals surface area contributed by atoms with Gasteiger partial charge in [0.05, 0.1) is 0 Å². The molecular weight excluding hydrogens is 440 g/mol. The fraction of sp³-hybridized carbons (Fsp3) is 0.296. The molecule has 35 heavy (non-hydrogen) atoms. The Morgan fingerprint density at radius 1 is 1.11 bits per heavy atom. The largest absolute Gasteiger partial charge is 0.448 e. The molecule has 1 aliphatic carbocycles. The van der Waals surface area contributed by atoms with Gasteiger partial charge in [-0.2, -0.15) is 0 Å². The number of nitrogens with zero attached hydrogens (tertiary/aromatic N) is 4. The highest BCUT2D eigenvalue weighted by Crippen LogP contribution is 2.44. The molecule has 0 bridgehead atoms. The van der Waals surface area contributed by atoms with Crippen molar-refractivity contribution in [1.29, 1.82) is 0 Å². The molecule has 1 amide bonds. The summed E-state index contributed by atoms with van der Waals surface area (Å²) in [4.78, 5) is 18.1. The first-order chi connectivity index (χ1) is 17.1. The molecule has 1 heterocycles. The zero-order valence-electron chi connectivity index (χ0n) is 19.7. The molecule has 8 nitrogen and oxygen atoms in total. The van der Waals surface area contributed by atoms with Gasteiger partial charge in [0.2, 0.25) is 0 Å². The summed E-state index contributed by atoms with van der Waals surface area (Å²) in [5, 5.41) is 10.0. The lowest BCUT2D eigenvalue weighted by molar-refractivity contribution is 0.158. The van der Waals surface area contributed by atoms with Gasteiger partial charge in [-0.1, -0.05) is 53.6 Å². The minimum absolute atomic E-state index is 0.00631. The third kappa shape index (κ3) is 4.86. The van der Waals surface area contributed by atoms with Crippen LogP contribution >= 0.6 is 0 Å². The smallest absolute Gasteiger partial charge is 0.411 e. The number of hydrogen-bond donors (Lipinski definition) is 2. The van der Waals surface area contributed by atoms with E-state index in [1.54, 1.807) is 6.07 Å². The summed E-state index contributed by atoms with van der Waals surface area (Å²) >= 11 is 0. The van der Waals surface area contributed by atoms with Gasteiger partial charge in [-0.3, -0.25) is 10.2 Å². The summed E-state index contributed by atoms with van der Waals surface area (Å²) in [6, 6.07) is 20.1. The van der Waals surface area contributed by atoms with Gasteiger partial charge >= 0.3 is 6.09 Å². The van der Waals surface area contributed by atoms with Crippen LogP contribution in [0.2, 0.25) is 0 Å². The van der Waals surface area contributed by atoms with E-state index in [1.165, 1.54) is 22.3 Å². The van der Waals surface area contributed by atoms with Crippen molar-refractivity contribution in [2.75, 3.05) is 38.1 Å². The second kappa shape index (κ2) is 10.2. The van der Waals surface area contributed by atoms with Crippen LogP contribution in [0.15, 0.2) is 65.8 Å². The van der Waals surface area contributed by atoms with Gasteiger partial charge in [0.15, 0.2) is 0 Å². The molecule has 0 unspecified atom stereocenters. The maximum atomic E-state index is 12.8. The number of rotatable bonds is 6. The number of azide groups is 1. The van der Waals surface area contributed by atoms with Crippen molar-refractivity contribution in [2.24, 2.45) is 5.11 Å². The van der Waals surface area contributed by atoms with Crippen LogP contribution in [0.1, 0.15) is 28.2 Å². The highest BCUT2D eigenvalue weighted by molar-refractivity contribution is 5.86. The first kappa shape index (κ1) is 22.9. The van der Waals surface area contributed by atoms with Gasteiger partial charge in [0, 0.05) is 54.9 Å². The zero-order chi connectivity index (χ0) is 24.2. The molecule has 0 atom stereocenters. The predicted octanol–water partition coefficient (Wildman–Crippen LogP) is 5.70. The molecule has 3 aromatic rings. The van der Waals surface area contributed by atoms with E-state index in [1.807, 2.05) is 37.3 Å². The van der Waals surface area contributed by atoms with Crippen LogP contribution in [0, 0.1) is 6.92 Å². The second-order valence-electron chi connectivity index (χ2n) is 8.95. The van der Waals surface area contributed by atoms with E-state index < -0.39 is 6.09 Å². The molecule has 178 valence electrons. The number of anilines is 1. The average molecular weight is 469 g/mol. The summed E-state index contributed by atoms with van der Waals surface area (Å²) in [6.07, 6.45) is -0.532. The van der Waals surface area contributed by atoms with Gasteiger partial charge in [-0.25, -0.2) is 4.79 Å². The van der Waals surface area contributed by atoms with E-state index in [0.717, 1.165) is 43.9 Å². The molecule has 1 fully saturated rings. The summed E-state index contributed by atoms with van der Waals surface area (Å²) in [7, 11) is 0. The highest BCUT2D eigenvalue weighted by atomic mass is 16.5. The number of amides is 1. The Balaban J connectivity index is 1.31. The third-order valence-corrected chi connectivity index (χ3v) is 6.83. The quantitative estimate of drug-likeness (QED) is 0.275. The lowest BCUT2D eigenvalue weighted by atomic mass is 9.98. The van der Waals surface area contributed by atoms with Crippen molar-refractivity contribution in [3.05, 3.63) is 93.4 Å². The number of piperazine rings is 1. The number of ether oxygens (including phenoxy) is 1. The van der Waals surface area contributed by atoms with E-state index in [0.29, 0.717) is 11.4 Å². The van der Waals surface area contributed by atoms with Crippen LogP contribution in [0.5, 0.6) is 0 Å². The molecule has 0 aromatic heterocycles. The SMILES string of the molecule is Cc1c(CN2CCNCC2)cc(NC(=O)OCC2c3ccccc3-c3ccccc32)cc1N=[N+]=[N-]. The lowest BCUT2D eigenvalue weighted by Gasteiger charge is -2.28. The Morgan fingerprint density at radius 2 is 1.77 bits per heavy atom. The van der Waals surface area contributed by atoms with Crippen LogP contribution < -0.4 is 10.6 Å². The van der Waals surface area contributed by atoms with Gasteiger partial charge in [-0.05, 0) is 58.0 Å². The maximum absolute atomic E-state index is 12.8. The molecule has 5 rings (SSSR count). The fourth-order valence-electron chi connectivity index (χ4n) is 5.01. The molecule has 0 radical (unpaired) electrons. The molecule has 8 heteroatoms. The molecule has 2 aliphatic rings. The monoisotopic (exact) mass is 468 g/mol. The van der Waals surface area contributed by atoms with Crippen LogP contribution in [-0.4, -0.2) is 43.8 Å². The van der Waals surface area contributed by atoms with Crippen molar-refractivity contribution < 1.29 is 9.53 Å². The molecule has 1 saturated heterocycles. The summed E-state index contributed by atoms with van der Waals surface area (Å²) in [5.41, 5.74) is 16.7. The number of fused-ring (bicyclic) bond motifs is 3. The van der Waals surface area contributed by atoms with Crippen LogP contribution in [0.25, 0.3) is 21.6 Å². The number of nitrogens with one attached hydrogen (secondary N) is 2. The minimum atomic E-state index is -0.532. The lowest BCUT2D eigenvalue weighted by Crippen LogP contribution is -2.43. The molecule has 0 spiro atoms. The van der Waals surface area contributed by atoms with E-state index >= 15 is 0 Å². The topological polar surface area (TPSA) is 102 Å². The Kier molecular flexibility index (Phi) is 6.68. The van der Waals surface area contributed by atoms with Crippen molar-refractivity contribution in [1.82, 2.24) is 10.2 Å². The average Bonchev–Trinajstić information content (AvgIpc) is 3.20. The summed E-state index contributed by atoms with van der Waals surface area (Å²) in [6.45, 7) is 6.68. The number of hydrogen-bond acceptors (Lipinski definition) is 5. The van der Waals surface area contributed by atoms with E-state index in [9.17, 15) is 4.79 Å². The first-order valence-corrected chi connectivity index (χ1v) is 11.9. The van der Waals surface area contributed by atoms with Crippen LogP contribution in [0.4, 0.5) is 16.2 Å². The minimum Gasteiger partial charge on any atom is -0.448 e. The number of carbonyl (C=O) groups is 1. The third-order valence-electron chi connectivity index (χ3n) is 6.83. The number of carbonyl (C=O) groups excluding carboxylic acids is 1. The van der Waals surface area contributed by atoms with E-state index in [2.05, 4.69) is 49.8 Å². The van der Waals surface area contributed by atoms with E-state index in [-0.39, 0.29) is 12.5 Å². The Labute approximate surface area is 204 Å². The summed E-state index contributed by atoms with van der Waals surface area (Å²) in [5.74, 6) is -0.00631. The Hall–Kier alpha value is -3.84. The molecular formula is C27H28N6O2. The van der Waals surface area contributed by atoms with Crippen molar-refractivity contribution >= 4 is 17.5 Å². The van der Waals surface area contributed by atoms with Gasteiger partial charge in [0.1, 0.15) is 6.61 Å². The van der Waals surface area contributed by atoms with Gasteiger partial charge < -0.3 is 10.1 Å². The Bertz CT molecular complexity index is 1250. The molecule has 1 aliphatic heterocycles. The van der Waals surface area contributed by atoms with Crippen molar-refractivity contribution in [3.8, 4) is 11.1 Å². The number of benzene rings is 3. The fourth-order valence-corrected chi connectivity index (χ4v) is 5.01. The zero-order valence-corrected chi connectivity index (χ0v) is 19.7. The standard InChI is InChI=1S/C27H28N6O2/c1-18-19(16-33-12-10-29-11-13-33)14-20(15-26(18)31-32-28)30-27(34)35-17-25-23-8-4-2-6-21(23)22-7-3-5-9-24(22)25/h2-9,14-15,25,29H,10-13,16-17H2,1H3,(H,30,34). The Morgan fingerprint density at radius 3 is 2.43 bits per heavy atom. The molecule has 2 N–H and O–H groups in total.